The lowest BCUT2D eigenvalue weighted by atomic mass is 9.98. The van der Waals surface area contributed by atoms with Crippen LogP contribution in [0, 0.1) is 0 Å². The van der Waals surface area contributed by atoms with Crippen molar-refractivity contribution in [3.63, 3.8) is 0 Å². The van der Waals surface area contributed by atoms with Gasteiger partial charge in [0.1, 0.15) is 0 Å². The molecule has 0 saturated carbocycles. The maximum absolute atomic E-state index is 6.17. The highest BCUT2D eigenvalue weighted by Crippen LogP contribution is 2.24. The van der Waals surface area contributed by atoms with Gasteiger partial charge in [-0.25, -0.2) is 0 Å². The second-order valence-corrected chi connectivity index (χ2v) is 4.19. The average Bonchev–Trinajstić information content (AvgIpc) is 2.27. The van der Waals surface area contributed by atoms with Gasteiger partial charge in [-0.3, -0.25) is 4.98 Å². The van der Waals surface area contributed by atoms with E-state index in [9.17, 15) is 0 Å². The third-order valence-electron chi connectivity index (χ3n) is 2.65. The summed E-state index contributed by atoms with van der Waals surface area (Å²) in [5.41, 5.74) is 9.42. The summed E-state index contributed by atoms with van der Waals surface area (Å²) in [6, 6.07) is 10.1. The normalized spacial score (nSPS) is 12.6. The van der Waals surface area contributed by atoms with Gasteiger partial charge in [-0.2, -0.15) is 0 Å². The summed E-state index contributed by atoms with van der Waals surface area (Å²) < 4.78 is 0. The summed E-state index contributed by atoms with van der Waals surface area (Å²) in [4.78, 5) is 4.33. The molecule has 1 atom stereocenters. The highest BCUT2D eigenvalue weighted by molar-refractivity contribution is 5.82. The molecule has 2 N–H and O–H groups in total. The minimum atomic E-state index is 0.00500. The standard InChI is InChI=1S/C14H16N2/c1-10(2)9-13(15)11-7-8-16-14-6-4-3-5-12(11)14/h3-8,13H,1,9,15H2,2H3. The SMILES string of the molecule is C=C(C)CC(N)c1ccnc2ccccc12. The molecule has 0 spiro atoms. The number of para-hydroxylation sites is 1. The summed E-state index contributed by atoms with van der Waals surface area (Å²) in [5.74, 6) is 0. The van der Waals surface area contributed by atoms with Crippen molar-refractivity contribution in [1.29, 1.82) is 0 Å². The zero-order valence-corrected chi connectivity index (χ0v) is 9.48. The van der Waals surface area contributed by atoms with Crippen LogP contribution in [0.15, 0.2) is 48.7 Å². The van der Waals surface area contributed by atoms with Crippen molar-refractivity contribution in [2.75, 3.05) is 0 Å². The predicted molar refractivity (Wildman–Crippen MR) is 68.1 cm³/mol. The first-order chi connectivity index (χ1) is 7.68. The zero-order valence-electron chi connectivity index (χ0n) is 9.48. The van der Waals surface area contributed by atoms with Gasteiger partial charge in [0.05, 0.1) is 5.52 Å². The zero-order chi connectivity index (χ0) is 11.5. The minimum absolute atomic E-state index is 0.00500. The number of rotatable bonds is 3. The van der Waals surface area contributed by atoms with Crippen LogP contribution in [0.25, 0.3) is 10.9 Å². The lowest BCUT2D eigenvalue weighted by Crippen LogP contribution is -2.11. The van der Waals surface area contributed by atoms with Crippen LogP contribution in [0.4, 0.5) is 0 Å². The highest BCUT2D eigenvalue weighted by Gasteiger charge is 2.09. The van der Waals surface area contributed by atoms with Crippen molar-refractivity contribution in [1.82, 2.24) is 4.98 Å². The fourth-order valence-electron chi connectivity index (χ4n) is 1.93. The number of nitrogens with two attached hydrogens (primary N) is 1. The molecule has 1 aromatic carbocycles. The Morgan fingerprint density at radius 1 is 1.38 bits per heavy atom. The summed E-state index contributed by atoms with van der Waals surface area (Å²) >= 11 is 0. The van der Waals surface area contributed by atoms with Gasteiger partial charge in [-0.1, -0.05) is 23.8 Å². The molecule has 2 aromatic rings. The number of pyridine rings is 1. The van der Waals surface area contributed by atoms with E-state index < -0.39 is 0 Å². The van der Waals surface area contributed by atoms with Gasteiger partial charge in [0, 0.05) is 17.6 Å². The minimum Gasteiger partial charge on any atom is -0.324 e. The molecule has 0 radical (unpaired) electrons. The highest BCUT2D eigenvalue weighted by atomic mass is 14.7. The van der Waals surface area contributed by atoms with Crippen molar-refractivity contribution in [3.8, 4) is 0 Å². The molecule has 0 aliphatic rings. The first-order valence-corrected chi connectivity index (χ1v) is 5.42. The van der Waals surface area contributed by atoms with Crippen LogP contribution in [-0.4, -0.2) is 4.98 Å². The van der Waals surface area contributed by atoms with Crippen LogP contribution in [0.1, 0.15) is 24.9 Å². The Labute approximate surface area is 95.8 Å². The van der Waals surface area contributed by atoms with E-state index in [-0.39, 0.29) is 6.04 Å². The number of fused-ring (bicyclic) bond motifs is 1. The van der Waals surface area contributed by atoms with Gasteiger partial charge in [0.15, 0.2) is 0 Å². The van der Waals surface area contributed by atoms with Crippen molar-refractivity contribution in [2.45, 2.75) is 19.4 Å². The van der Waals surface area contributed by atoms with Gasteiger partial charge in [0.25, 0.3) is 0 Å². The van der Waals surface area contributed by atoms with Gasteiger partial charge < -0.3 is 5.73 Å². The van der Waals surface area contributed by atoms with E-state index in [2.05, 4.69) is 17.6 Å². The monoisotopic (exact) mass is 212 g/mol. The quantitative estimate of drug-likeness (QED) is 0.793. The third kappa shape index (κ3) is 2.12. The van der Waals surface area contributed by atoms with E-state index in [1.807, 2.05) is 37.4 Å². The topological polar surface area (TPSA) is 38.9 Å². The fraction of sp³-hybridized carbons (Fsp3) is 0.214. The second-order valence-electron chi connectivity index (χ2n) is 4.19. The molecular formula is C14H16N2. The maximum Gasteiger partial charge on any atom is 0.0705 e. The van der Waals surface area contributed by atoms with E-state index in [1.165, 1.54) is 0 Å². The Morgan fingerprint density at radius 3 is 2.88 bits per heavy atom. The molecule has 2 nitrogen and oxygen atoms in total. The second kappa shape index (κ2) is 4.45. The summed E-state index contributed by atoms with van der Waals surface area (Å²) in [6.07, 6.45) is 2.63. The van der Waals surface area contributed by atoms with Crippen LogP contribution in [0.3, 0.4) is 0 Å². The van der Waals surface area contributed by atoms with Crippen molar-refractivity contribution >= 4 is 10.9 Å². The van der Waals surface area contributed by atoms with Crippen molar-refractivity contribution in [3.05, 3.63) is 54.2 Å². The van der Waals surface area contributed by atoms with E-state index in [1.54, 1.807) is 0 Å². The summed E-state index contributed by atoms with van der Waals surface area (Å²) in [7, 11) is 0. The fourth-order valence-corrected chi connectivity index (χ4v) is 1.93. The summed E-state index contributed by atoms with van der Waals surface area (Å²) in [5, 5.41) is 1.14. The Morgan fingerprint density at radius 2 is 2.12 bits per heavy atom. The van der Waals surface area contributed by atoms with Crippen LogP contribution < -0.4 is 5.73 Å². The molecule has 2 rings (SSSR count). The predicted octanol–water partition coefficient (Wildman–Crippen LogP) is 3.20. The third-order valence-corrected chi connectivity index (χ3v) is 2.65. The lowest BCUT2D eigenvalue weighted by molar-refractivity contribution is 0.722. The molecule has 1 heterocycles. The van der Waals surface area contributed by atoms with Crippen molar-refractivity contribution in [2.24, 2.45) is 5.73 Å². The van der Waals surface area contributed by atoms with Gasteiger partial charge in [0.2, 0.25) is 0 Å². The molecule has 1 unspecified atom stereocenters. The molecule has 2 heteroatoms. The molecule has 0 bridgehead atoms. The molecule has 0 amide bonds. The lowest BCUT2D eigenvalue weighted by Gasteiger charge is -2.14. The van der Waals surface area contributed by atoms with Crippen LogP contribution in [0.5, 0.6) is 0 Å². The average molecular weight is 212 g/mol. The Balaban J connectivity index is 2.47. The number of benzene rings is 1. The Hall–Kier alpha value is -1.67. The van der Waals surface area contributed by atoms with Crippen LogP contribution in [-0.2, 0) is 0 Å². The Bertz CT molecular complexity index is 512. The molecule has 82 valence electrons. The number of nitrogens with zero attached hydrogens (tertiary/aromatic N) is 1. The van der Waals surface area contributed by atoms with E-state index >= 15 is 0 Å². The van der Waals surface area contributed by atoms with Crippen molar-refractivity contribution < 1.29 is 0 Å². The van der Waals surface area contributed by atoms with E-state index in [0.29, 0.717) is 0 Å². The van der Waals surface area contributed by atoms with E-state index in [0.717, 1.165) is 28.5 Å². The first-order valence-electron chi connectivity index (χ1n) is 5.42. The van der Waals surface area contributed by atoms with Gasteiger partial charge in [-0.05, 0) is 31.0 Å². The molecule has 1 aromatic heterocycles. The first kappa shape index (κ1) is 10.8. The molecular weight excluding hydrogens is 196 g/mol. The maximum atomic E-state index is 6.17. The molecule has 16 heavy (non-hydrogen) atoms. The number of hydrogen-bond acceptors (Lipinski definition) is 2. The van der Waals surface area contributed by atoms with Crippen LogP contribution in [0.2, 0.25) is 0 Å². The van der Waals surface area contributed by atoms with E-state index in [4.69, 9.17) is 5.73 Å². The molecule has 0 aliphatic heterocycles. The smallest absolute Gasteiger partial charge is 0.0705 e. The largest absolute Gasteiger partial charge is 0.324 e. The van der Waals surface area contributed by atoms with Gasteiger partial charge >= 0.3 is 0 Å². The molecule has 0 fully saturated rings. The number of hydrogen-bond donors (Lipinski definition) is 1. The Kier molecular flexibility index (Phi) is 3.02. The molecule has 0 saturated heterocycles. The number of aromatic nitrogens is 1. The molecule has 0 aliphatic carbocycles. The van der Waals surface area contributed by atoms with Gasteiger partial charge in [-0.15, -0.1) is 6.58 Å². The summed E-state index contributed by atoms with van der Waals surface area (Å²) in [6.45, 7) is 5.91. The van der Waals surface area contributed by atoms with Crippen LogP contribution >= 0.6 is 0 Å².